The summed E-state index contributed by atoms with van der Waals surface area (Å²) >= 11 is 0. The number of hydrogen-bond acceptors (Lipinski definition) is 4. The molecule has 120 valence electrons. The van der Waals surface area contributed by atoms with Gasteiger partial charge in [-0.15, -0.1) is 0 Å². The SMILES string of the molecule is CC(C)CN(C)C(=O)Cn1cnc2c(oc3ccccc32)c1=O. The van der Waals surface area contributed by atoms with Crippen LogP contribution in [0.15, 0.2) is 39.8 Å². The molecule has 0 aliphatic rings. The summed E-state index contributed by atoms with van der Waals surface area (Å²) in [6, 6.07) is 7.37. The molecular formula is C17H19N3O3. The molecule has 0 aliphatic heterocycles. The summed E-state index contributed by atoms with van der Waals surface area (Å²) in [5, 5.41) is 0.801. The van der Waals surface area contributed by atoms with Gasteiger partial charge in [0.15, 0.2) is 0 Å². The van der Waals surface area contributed by atoms with Crippen LogP contribution in [0.2, 0.25) is 0 Å². The number of para-hydroxylation sites is 1. The number of carbonyl (C=O) groups excluding carboxylic acids is 1. The molecule has 0 aliphatic carbocycles. The maximum absolute atomic E-state index is 12.5. The van der Waals surface area contributed by atoms with Crippen LogP contribution in [0.4, 0.5) is 0 Å². The Morgan fingerprint density at radius 1 is 1.35 bits per heavy atom. The maximum atomic E-state index is 12.5. The fraction of sp³-hybridized carbons (Fsp3) is 0.353. The maximum Gasteiger partial charge on any atom is 0.297 e. The van der Waals surface area contributed by atoms with E-state index in [9.17, 15) is 9.59 Å². The van der Waals surface area contributed by atoms with E-state index in [0.29, 0.717) is 23.6 Å². The van der Waals surface area contributed by atoms with Gasteiger partial charge in [0.2, 0.25) is 11.5 Å². The van der Waals surface area contributed by atoms with Gasteiger partial charge in [0.1, 0.15) is 17.6 Å². The summed E-state index contributed by atoms with van der Waals surface area (Å²) in [5.74, 6) is 0.245. The molecule has 0 spiro atoms. The first-order valence-corrected chi connectivity index (χ1v) is 7.58. The highest BCUT2D eigenvalue weighted by atomic mass is 16.3. The van der Waals surface area contributed by atoms with Gasteiger partial charge in [0.25, 0.3) is 5.56 Å². The summed E-state index contributed by atoms with van der Waals surface area (Å²) in [5.41, 5.74) is 1.00. The molecule has 0 bridgehead atoms. The average molecular weight is 313 g/mol. The minimum absolute atomic E-state index is 0.0396. The highest BCUT2D eigenvalue weighted by molar-refractivity contribution is 6.01. The Hall–Kier alpha value is -2.63. The lowest BCUT2D eigenvalue weighted by Gasteiger charge is -2.19. The standard InChI is InChI=1S/C17H19N3O3/c1-11(2)8-19(3)14(21)9-20-10-18-15-12-6-4-5-7-13(12)23-16(15)17(20)22/h4-7,10-11H,8-9H2,1-3H3. The van der Waals surface area contributed by atoms with E-state index in [1.807, 2.05) is 32.0 Å². The average Bonchev–Trinajstić information content (AvgIpc) is 2.89. The Morgan fingerprint density at radius 2 is 2.09 bits per heavy atom. The number of fused-ring (bicyclic) bond motifs is 3. The van der Waals surface area contributed by atoms with E-state index >= 15 is 0 Å². The van der Waals surface area contributed by atoms with E-state index in [1.54, 1.807) is 18.0 Å². The highest BCUT2D eigenvalue weighted by Gasteiger charge is 2.16. The summed E-state index contributed by atoms with van der Waals surface area (Å²) in [7, 11) is 1.74. The third kappa shape index (κ3) is 2.84. The van der Waals surface area contributed by atoms with Gasteiger partial charge in [-0.1, -0.05) is 26.0 Å². The van der Waals surface area contributed by atoms with E-state index in [2.05, 4.69) is 4.98 Å². The molecule has 1 amide bonds. The van der Waals surface area contributed by atoms with E-state index in [0.717, 1.165) is 5.39 Å². The van der Waals surface area contributed by atoms with Crippen molar-refractivity contribution in [3.8, 4) is 0 Å². The van der Waals surface area contributed by atoms with Crippen molar-refractivity contribution in [2.75, 3.05) is 13.6 Å². The zero-order chi connectivity index (χ0) is 16.6. The normalized spacial score (nSPS) is 11.5. The van der Waals surface area contributed by atoms with Gasteiger partial charge in [-0.25, -0.2) is 4.98 Å². The summed E-state index contributed by atoms with van der Waals surface area (Å²) in [6.45, 7) is 4.69. The first kappa shape index (κ1) is 15.3. The van der Waals surface area contributed by atoms with Crippen molar-refractivity contribution in [1.82, 2.24) is 14.5 Å². The lowest BCUT2D eigenvalue weighted by Crippen LogP contribution is -2.35. The molecule has 0 fully saturated rings. The molecule has 0 N–H and O–H groups in total. The Balaban J connectivity index is 1.96. The van der Waals surface area contributed by atoms with Crippen molar-refractivity contribution < 1.29 is 9.21 Å². The van der Waals surface area contributed by atoms with Gasteiger partial charge in [-0.2, -0.15) is 0 Å². The van der Waals surface area contributed by atoms with Gasteiger partial charge in [0, 0.05) is 19.0 Å². The van der Waals surface area contributed by atoms with Gasteiger partial charge in [-0.3, -0.25) is 14.2 Å². The van der Waals surface area contributed by atoms with Crippen molar-refractivity contribution in [3.63, 3.8) is 0 Å². The molecule has 23 heavy (non-hydrogen) atoms. The van der Waals surface area contributed by atoms with E-state index < -0.39 is 0 Å². The Kier molecular flexibility index (Phi) is 3.90. The third-order valence-electron chi connectivity index (χ3n) is 3.72. The fourth-order valence-electron chi connectivity index (χ4n) is 2.64. The lowest BCUT2D eigenvalue weighted by molar-refractivity contribution is -0.131. The number of nitrogens with zero attached hydrogens (tertiary/aromatic N) is 3. The van der Waals surface area contributed by atoms with Crippen LogP contribution in [0.25, 0.3) is 22.1 Å². The van der Waals surface area contributed by atoms with E-state index in [4.69, 9.17) is 4.42 Å². The number of benzene rings is 1. The quantitative estimate of drug-likeness (QED) is 0.741. The van der Waals surface area contributed by atoms with Crippen LogP contribution >= 0.6 is 0 Å². The molecule has 0 atom stereocenters. The van der Waals surface area contributed by atoms with Crippen molar-refractivity contribution in [3.05, 3.63) is 40.9 Å². The van der Waals surface area contributed by atoms with Crippen LogP contribution in [-0.2, 0) is 11.3 Å². The topological polar surface area (TPSA) is 68.3 Å². The number of furan rings is 1. The Labute approximate surface area is 133 Å². The number of aromatic nitrogens is 2. The minimum atomic E-state index is -0.336. The molecule has 0 radical (unpaired) electrons. The molecule has 1 aromatic carbocycles. The minimum Gasteiger partial charge on any atom is -0.448 e. The van der Waals surface area contributed by atoms with Crippen LogP contribution in [-0.4, -0.2) is 34.0 Å². The molecule has 0 unspecified atom stereocenters. The van der Waals surface area contributed by atoms with Gasteiger partial charge in [0.05, 0.1) is 6.33 Å². The van der Waals surface area contributed by atoms with Crippen molar-refractivity contribution in [1.29, 1.82) is 0 Å². The molecule has 3 rings (SSSR count). The molecule has 3 aromatic rings. The number of hydrogen-bond donors (Lipinski definition) is 0. The smallest absolute Gasteiger partial charge is 0.297 e. The van der Waals surface area contributed by atoms with Crippen LogP contribution in [0.5, 0.6) is 0 Å². The molecule has 0 saturated carbocycles. The molecular weight excluding hydrogens is 294 g/mol. The number of rotatable bonds is 4. The van der Waals surface area contributed by atoms with E-state index in [1.165, 1.54) is 10.9 Å². The fourth-order valence-corrected chi connectivity index (χ4v) is 2.64. The van der Waals surface area contributed by atoms with Crippen LogP contribution < -0.4 is 5.56 Å². The zero-order valence-corrected chi connectivity index (χ0v) is 13.4. The van der Waals surface area contributed by atoms with Crippen LogP contribution in [0.1, 0.15) is 13.8 Å². The summed E-state index contributed by atoms with van der Waals surface area (Å²) < 4.78 is 6.91. The van der Waals surface area contributed by atoms with Gasteiger partial charge in [-0.05, 0) is 18.1 Å². The Morgan fingerprint density at radius 3 is 2.83 bits per heavy atom. The van der Waals surface area contributed by atoms with Gasteiger partial charge >= 0.3 is 0 Å². The number of amides is 1. The molecule has 6 nitrogen and oxygen atoms in total. The molecule has 0 saturated heterocycles. The third-order valence-corrected chi connectivity index (χ3v) is 3.72. The predicted octanol–water partition coefficient (Wildman–Crippen LogP) is 2.26. The lowest BCUT2D eigenvalue weighted by atomic mass is 10.2. The number of likely N-dealkylation sites (N-methyl/N-ethyl adjacent to an activating group) is 1. The number of carbonyl (C=O) groups is 1. The highest BCUT2D eigenvalue weighted by Crippen LogP contribution is 2.23. The molecule has 6 heteroatoms. The Bertz CT molecular complexity index is 924. The molecule has 2 aromatic heterocycles. The molecule has 2 heterocycles. The second-order valence-corrected chi connectivity index (χ2v) is 6.12. The zero-order valence-electron chi connectivity index (χ0n) is 13.4. The van der Waals surface area contributed by atoms with Crippen LogP contribution in [0, 0.1) is 5.92 Å². The first-order chi connectivity index (χ1) is 11.0. The largest absolute Gasteiger partial charge is 0.448 e. The van der Waals surface area contributed by atoms with Crippen molar-refractivity contribution >= 4 is 28.0 Å². The summed E-state index contributed by atoms with van der Waals surface area (Å²) in [4.78, 5) is 30.7. The first-order valence-electron chi connectivity index (χ1n) is 7.58. The van der Waals surface area contributed by atoms with E-state index in [-0.39, 0.29) is 23.6 Å². The van der Waals surface area contributed by atoms with Crippen molar-refractivity contribution in [2.45, 2.75) is 20.4 Å². The monoisotopic (exact) mass is 313 g/mol. The second kappa shape index (κ2) is 5.87. The second-order valence-electron chi connectivity index (χ2n) is 6.12. The van der Waals surface area contributed by atoms with Crippen LogP contribution in [0.3, 0.4) is 0 Å². The van der Waals surface area contributed by atoms with Crippen molar-refractivity contribution in [2.24, 2.45) is 5.92 Å². The predicted molar refractivity (Wildman–Crippen MR) is 88.3 cm³/mol. The van der Waals surface area contributed by atoms with Gasteiger partial charge < -0.3 is 9.32 Å². The summed E-state index contributed by atoms with van der Waals surface area (Å²) in [6.07, 6.45) is 1.41.